The lowest BCUT2D eigenvalue weighted by atomic mass is 10.2. The average Bonchev–Trinajstić information content (AvgIpc) is 2.03. The van der Waals surface area contributed by atoms with E-state index in [1.165, 1.54) is 26.3 Å². The summed E-state index contributed by atoms with van der Waals surface area (Å²) in [6.07, 6.45) is 1.21. The van der Waals surface area contributed by atoms with Gasteiger partial charge in [0.25, 0.3) is 0 Å². The number of Topliss-reactive ketones (excluding diaryl/α,β-unsaturated/α-hetero) is 1. The third-order valence-corrected chi connectivity index (χ3v) is 1.39. The minimum absolute atomic E-state index is 0.0168. The Morgan fingerprint density at radius 1 is 1.67 bits per heavy atom. The molecular weight excluding hydrogens is 158 g/mol. The maximum absolute atomic E-state index is 10.9. The highest BCUT2D eigenvalue weighted by Crippen LogP contribution is 2.20. The molecule has 1 aromatic heterocycles. The number of carbonyl (C=O) groups excluding carboxylic acids is 1. The van der Waals surface area contributed by atoms with Gasteiger partial charge in [-0.1, -0.05) is 0 Å². The SMILES string of the molecule is COc1cc(O)cnc1C(C)=O. The number of hydrogen-bond donors (Lipinski definition) is 1. The minimum atomic E-state index is -0.188. The summed E-state index contributed by atoms with van der Waals surface area (Å²) in [6, 6.07) is 1.35. The van der Waals surface area contributed by atoms with E-state index in [1.54, 1.807) is 0 Å². The fraction of sp³-hybridized carbons (Fsp3) is 0.250. The van der Waals surface area contributed by atoms with Crippen molar-refractivity contribution in [2.24, 2.45) is 0 Å². The summed E-state index contributed by atoms with van der Waals surface area (Å²) in [5.74, 6) is 0.0891. The van der Waals surface area contributed by atoms with Gasteiger partial charge in [-0.3, -0.25) is 4.79 Å². The number of nitrogens with zero attached hydrogens (tertiary/aromatic N) is 1. The molecule has 0 aliphatic heterocycles. The topological polar surface area (TPSA) is 59.4 Å². The second-order valence-corrected chi connectivity index (χ2v) is 2.30. The highest BCUT2D eigenvalue weighted by molar-refractivity contribution is 5.94. The van der Waals surface area contributed by atoms with E-state index in [2.05, 4.69) is 4.98 Å². The first-order chi connectivity index (χ1) is 5.65. The molecule has 0 aromatic carbocycles. The monoisotopic (exact) mass is 167 g/mol. The number of ketones is 1. The summed E-state index contributed by atoms with van der Waals surface area (Å²) < 4.78 is 4.84. The zero-order chi connectivity index (χ0) is 9.14. The average molecular weight is 167 g/mol. The molecule has 1 rings (SSSR count). The molecule has 0 amide bonds. The number of pyridine rings is 1. The van der Waals surface area contributed by atoms with Crippen LogP contribution in [0.2, 0.25) is 0 Å². The number of aromatic hydroxyl groups is 1. The summed E-state index contributed by atoms with van der Waals surface area (Å²) >= 11 is 0. The van der Waals surface area contributed by atoms with Crippen molar-refractivity contribution in [2.45, 2.75) is 6.92 Å². The molecule has 64 valence electrons. The minimum Gasteiger partial charge on any atom is -0.506 e. The van der Waals surface area contributed by atoms with Crippen LogP contribution in [-0.2, 0) is 0 Å². The van der Waals surface area contributed by atoms with Crippen molar-refractivity contribution in [3.8, 4) is 11.5 Å². The summed E-state index contributed by atoms with van der Waals surface area (Å²) in [7, 11) is 1.42. The largest absolute Gasteiger partial charge is 0.506 e. The molecule has 4 nitrogen and oxygen atoms in total. The van der Waals surface area contributed by atoms with Crippen LogP contribution in [0.5, 0.6) is 11.5 Å². The first-order valence-corrected chi connectivity index (χ1v) is 3.39. The third-order valence-electron chi connectivity index (χ3n) is 1.39. The van der Waals surface area contributed by atoms with Crippen LogP contribution in [0.15, 0.2) is 12.3 Å². The molecule has 0 aliphatic rings. The lowest BCUT2D eigenvalue weighted by molar-refractivity contribution is 0.101. The number of hydrogen-bond acceptors (Lipinski definition) is 4. The van der Waals surface area contributed by atoms with E-state index in [-0.39, 0.29) is 17.2 Å². The van der Waals surface area contributed by atoms with Crippen molar-refractivity contribution in [1.82, 2.24) is 4.98 Å². The molecule has 0 bridgehead atoms. The van der Waals surface area contributed by atoms with Crippen molar-refractivity contribution >= 4 is 5.78 Å². The van der Waals surface area contributed by atoms with Crippen LogP contribution in [0.4, 0.5) is 0 Å². The van der Waals surface area contributed by atoms with Gasteiger partial charge in [0.1, 0.15) is 11.4 Å². The van der Waals surface area contributed by atoms with E-state index >= 15 is 0 Å². The molecule has 12 heavy (non-hydrogen) atoms. The lowest BCUT2D eigenvalue weighted by Gasteiger charge is -2.03. The van der Waals surface area contributed by atoms with E-state index in [1.807, 2.05) is 0 Å². The van der Waals surface area contributed by atoms with Gasteiger partial charge in [-0.2, -0.15) is 0 Å². The van der Waals surface area contributed by atoms with E-state index in [0.29, 0.717) is 5.75 Å². The Hall–Kier alpha value is -1.58. The fourth-order valence-electron chi connectivity index (χ4n) is 0.854. The van der Waals surface area contributed by atoms with Crippen LogP contribution in [0.3, 0.4) is 0 Å². The fourth-order valence-corrected chi connectivity index (χ4v) is 0.854. The maximum atomic E-state index is 10.9. The number of ether oxygens (including phenoxy) is 1. The van der Waals surface area contributed by atoms with Gasteiger partial charge in [-0.15, -0.1) is 0 Å². The Labute approximate surface area is 69.8 Å². The van der Waals surface area contributed by atoms with Crippen molar-refractivity contribution in [2.75, 3.05) is 7.11 Å². The molecular formula is C8H9NO3. The third kappa shape index (κ3) is 1.53. The van der Waals surface area contributed by atoms with Crippen molar-refractivity contribution < 1.29 is 14.6 Å². The molecule has 1 aromatic rings. The molecule has 0 saturated carbocycles. The van der Waals surface area contributed by atoms with Gasteiger partial charge in [0.05, 0.1) is 13.3 Å². The van der Waals surface area contributed by atoms with Crippen molar-refractivity contribution in [3.05, 3.63) is 18.0 Å². The highest BCUT2D eigenvalue weighted by Gasteiger charge is 2.09. The van der Waals surface area contributed by atoms with Gasteiger partial charge in [-0.25, -0.2) is 4.98 Å². The summed E-state index contributed by atoms with van der Waals surface area (Å²) in [5.41, 5.74) is 0.232. The van der Waals surface area contributed by atoms with Crippen LogP contribution in [-0.4, -0.2) is 23.0 Å². The van der Waals surface area contributed by atoms with Gasteiger partial charge in [0.15, 0.2) is 11.5 Å². The van der Waals surface area contributed by atoms with Crippen LogP contribution < -0.4 is 4.74 Å². The van der Waals surface area contributed by atoms with Gasteiger partial charge in [-0.05, 0) is 0 Å². The Bertz CT molecular complexity index is 309. The molecule has 1 heterocycles. The first-order valence-electron chi connectivity index (χ1n) is 3.39. The quantitative estimate of drug-likeness (QED) is 0.667. The zero-order valence-electron chi connectivity index (χ0n) is 6.87. The normalized spacial score (nSPS) is 9.50. The number of methoxy groups -OCH3 is 1. The Balaban J connectivity index is 3.20. The summed E-state index contributed by atoms with van der Waals surface area (Å²) in [4.78, 5) is 14.6. The second kappa shape index (κ2) is 3.21. The second-order valence-electron chi connectivity index (χ2n) is 2.30. The van der Waals surface area contributed by atoms with E-state index in [0.717, 1.165) is 0 Å². The van der Waals surface area contributed by atoms with E-state index in [4.69, 9.17) is 9.84 Å². The first kappa shape index (κ1) is 8.52. The number of carbonyl (C=O) groups is 1. The predicted molar refractivity (Wildman–Crippen MR) is 42.5 cm³/mol. The van der Waals surface area contributed by atoms with Crippen molar-refractivity contribution in [1.29, 1.82) is 0 Å². The Morgan fingerprint density at radius 2 is 2.33 bits per heavy atom. The molecule has 0 saturated heterocycles. The van der Waals surface area contributed by atoms with Crippen LogP contribution >= 0.6 is 0 Å². The van der Waals surface area contributed by atoms with Gasteiger partial charge >= 0.3 is 0 Å². The van der Waals surface area contributed by atoms with E-state index < -0.39 is 0 Å². The molecule has 0 fully saturated rings. The maximum Gasteiger partial charge on any atom is 0.181 e. The Morgan fingerprint density at radius 3 is 2.83 bits per heavy atom. The predicted octanol–water partition coefficient (Wildman–Crippen LogP) is 0.998. The highest BCUT2D eigenvalue weighted by atomic mass is 16.5. The Kier molecular flexibility index (Phi) is 2.28. The zero-order valence-corrected chi connectivity index (χ0v) is 6.87. The summed E-state index contributed by atoms with van der Waals surface area (Å²) in [5, 5.41) is 9.00. The van der Waals surface area contributed by atoms with Gasteiger partial charge in [0.2, 0.25) is 0 Å². The molecule has 0 aliphatic carbocycles. The van der Waals surface area contributed by atoms with Gasteiger partial charge in [0, 0.05) is 13.0 Å². The molecule has 0 radical (unpaired) electrons. The van der Waals surface area contributed by atoms with Crippen LogP contribution in [0.25, 0.3) is 0 Å². The molecule has 0 unspecified atom stereocenters. The van der Waals surface area contributed by atoms with Gasteiger partial charge < -0.3 is 9.84 Å². The van der Waals surface area contributed by atoms with Crippen LogP contribution in [0.1, 0.15) is 17.4 Å². The smallest absolute Gasteiger partial charge is 0.181 e. The number of rotatable bonds is 2. The summed E-state index contributed by atoms with van der Waals surface area (Å²) in [6.45, 7) is 1.39. The molecule has 0 spiro atoms. The molecule has 0 atom stereocenters. The molecule has 4 heteroatoms. The standard InChI is InChI=1S/C8H9NO3/c1-5(10)8-7(12-2)3-6(11)4-9-8/h3-4,11H,1-2H3. The van der Waals surface area contributed by atoms with E-state index in [9.17, 15) is 4.79 Å². The van der Waals surface area contributed by atoms with Crippen molar-refractivity contribution in [3.63, 3.8) is 0 Å². The molecule has 1 N–H and O–H groups in total. The number of aromatic nitrogens is 1. The lowest BCUT2D eigenvalue weighted by Crippen LogP contribution is -2.00. The van der Waals surface area contributed by atoms with Crippen LogP contribution in [0, 0.1) is 0 Å².